The van der Waals surface area contributed by atoms with Gasteiger partial charge in [0.2, 0.25) is 5.91 Å². The first-order valence-corrected chi connectivity index (χ1v) is 7.39. The Hall–Kier alpha value is -1.43. The number of carbonyl (C=O) groups is 2. The highest BCUT2D eigenvalue weighted by Gasteiger charge is 2.42. The monoisotopic (exact) mass is 282 g/mol. The molecule has 1 amide bonds. The normalized spacial score (nSPS) is 17.3. The number of amides is 1. The lowest BCUT2D eigenvalue weighted by Crippen LogP contribution is -2.36. The number of rotatable bonds is 6. The number of nitrogens with zero attached hydrogens (tertiary/aromatic N) is 1. The van der Waals surface area contributed by atoms with Gasteiger partial charge in [-0.3, -0.25) is 9.59 Å². The molecule has 2 rings (SSSR count). The fourth-order valence-electron chi connectivity index (χ4n) is 2.57. The second-order valence-electron chi connectivity index (χ2n) is 5.00. The molecule has 1 saturated carbocycles. The molecule has 0 aromatic carbocycles. The zero-order chi connectivity index (χ0) is 13.7. The number of hydrogen-bond donors (Lipinski definition) is 2. The maximum atomic E-state index is 11.8. The largest absolute Gasteiger partial charge is 0.481 e. The summed E-state index contributed by atoms with van der Waals surface area (Å²) in [6.07, 6.45) is 5.56. The van der Waals surface area contributed by atoms with Gasteiger partial charge in [0.15, 0.2) is 0 Å². The summed E-state index contributed by atoms with van der Waals surface area (Å²) in [6, 6.07) is 0. The summed E-state index contributed by atoms with van der Waals surface area (Å²) < 4.78 is 0. The van der Waals surface area contributed by atoms with Crippen molar-refractivity contribution in [2.75, 3.05) is 6.54 Å². The average Bonchev–Trinajstić information content (AvgIpc) is 3.00. The Morgan fingerprint density at radius 3 is 2.74 bits per heavy atom. The molecule has 1 fully saturated rings. The lowest BCUT2D eigenvalue weighted by atomic mass is 9.82. The first-order valence-electron chi connectivity index (χ1n) is 6.51. The van der Waals surface area contributed by atoms with E-state index in [1.807, 2.05) is 5.38 Å². The average molecular weight is 282 g/mol. The Labute approximate surface area is 116 Å². The van der Waals surface area contributed by atoms with Crippen molar-refractivity contribution in [1.82, 2.24) is 10.3 Å². The molecule has 0 atom stereocenters. The standard InChI is InChI=1S/C13H18N2O3S/c16-10(14-6-3-11-15-7-8-19-11)9-13(12(17)18)4-1-2-5-13/h7-8H,1-6,9H2,(H,14,16)(H,17,18). The van der Waals surface area contributed by atoms with Crippen LogP contribution in [0, 0.1) is 5.41 Å². The smallest absolute Gasteiger partial charge is 0.310 e. The number of aromatic nitrogens is 1. The van der Waals surface area contributed by atoms with Gasteiger partial charge in [0, 0.05) is 31.0 Å². The van der Waals surface area contributed by atoms with Crippen LogP contribution in [0.2, 0.25) is 0 Å². The number of aliphatic carboxylic acids is 1. The molecule has 1 aromatic heterocycles. The molecular formula is C13H18N2O3S. The zero-order valence-electron chi connectivity index (χ0n) is 10.7. The van der Waals surface area contributed by atoms with Gasteiger partial charge in [-0.1, -0.05) is 12.8 Å². The van der Waals surface area contributed by atoms with E-state index in [2.05, 4.69) is 10.3 Å². The Bertz CT molecular complexity index is 439. The lowest BCUT2D eigenvalue weighted by Gasteiger charge is -2.22. The number of thiazole rings is 1. The Kier molecular flexibility index (Phi) is 4.52. The SMILES string of the molecule is O=C(CC1(C(=O)O)CCCC1)NCCc1nccs1. The van der Waals surface area contributed by atoms with Crippen molar-refractivity contribution in [3.63, 3.8) is 0 Å². The van der Waals surface area contributed by atoms with Gasteiger partial charge >= 0.3 is 5.97 Å². The van der Waals surface area contributed by atoms with Gasteiger partial charge in [-0.2, -0.15) is 0 Å². The second-order valence-corrected chi connectivity index (χ2v) is 5.97. The third-order valence-corrected chi connectivity index (χ3v) is 4.50. The highest BCUT2D eigenvalue weighted by Crippen LogP contribution is 2.41. The molecular weight excluding hydrogens is 264 g/mol. The fraction of sp³-hybridized carbons (Fsp3) is 0.615. The predicted molar refractivity (Wildman–Crippen MR) is 72.0 cm³/mol. The number of hydrogen-bond acceptors (Lipinski definition) is 4. The third kappa shape index (κ3) is 3.53. The number of nitrogens with one attached hydrogen (secondary N) is 1. The molecule has 2 N–H and O–H groups in total. The molecule has 1 aliphatic rings. The van der Waals surface area contributed by atoms with Gasteiger partial charge in [0.25, 0.3) is 0 Å². The molecule has 0 unspecified atom stereocenters. The highest BCUT2D eigenvalue weighted by atomic mass is 32.1. The lowest BCUT2D eigenvalue weighted by molar-refractivity contribution is -0.151. The van der Waals surface area contributed by atoms with Crippen molar-refractivity contribution >= 4 is 23.2 Å². The van der Waals surface area contributed by atoms with Crippen LogP contribution in [0.5, 0.6) is 0 Å². The first-order chi connectivity index (χ1) is 9.12. The molecule has 0 saturated heterocycles. The van der Waals surface area contributed by atoms with Crippen molar-refractivity contribution in [3.05, 3.63) is 16.6 Å². The van der Waals surface area contributed by atoms with Crippen LogP contribution in [-0.4, -0.2) is 28.5 Å². The van der Waals surface area contributed by atoms with Crippen LogP contribution >= 0.6 is 11.3 Å². The first kappa shape index (κ1) is 14.0. The topological polar surface area (TPSA) is 79.3 Å². The quantitative estimate of drug-likeness (QED) is 0.834. The third-order valence-electron chi connectivity index (χ3n) is 3.66. The summed E-state index contributed by atoms with van der Waals surface area (Å²) in [5, 5.41) is 15.0. The van der Waals surface area contributed by atoms with E-state index in [0.29, 0.717) is 25.8 Å². The van der Waals surface area contributed by atoms with Crippen LogP contribution in [0.1, 0.15) is 37.1 Å². The van der Waals surface area contributed by atoms with Crippen LogP contribution in [-0.2, 0) is 16.0 Å². The van der Waals surface area contributed by atoms with E-state index in [-0.39, 0.29) is 12.3 Å². The number of carbonyl (C=O) groups excluding carboxylic acids is 1. The van der Waals surface area contributed by atoms with Crippen LogP contribution in [0.15, 0.2) is 11.6 Å². The van der Waals surface area contributed by atoms with Crippen LogP contribution in [0.4, 0.5) is 0 Å². The molecule has 6 heteroatoms. The molecule has 19 heavy (non-hydrogen) atoms. The van der Waals surface area contributed by atoms with E-state index >= 15 is 0 Å². The molecule has 0 bridgehead atoms. The molecule has 0 aliphatic heterocycles. The van der Waals surface area contributed by atoms with E-state index in [1.165, 1.54) is 0 Å². The minimum atomic E-state index is -0.833. The minimum absolute atomic E-state index is 0.0974. The van der Waals surface area contributed by atoms with Crippen LogP contribution < -0.4 is 5.32 Å². The van der Waals surface area contributed by atoms with Crippen molar-refractivity contribution in [1.29, 1.82) is 0 Å². The Balaban J connectivity index is 1.78. The molecule has 1 aromatic rings. The van der Waals surface area contributed by atoms with Gasteiger partial charge in [-0.05, 0) is 12.8 Å². The molecule has 5 nitrogen and oxygen atoms in total. The van der Waals surface area contributed by atoms with Crippen molar-refractivity contribution in [3.8, 4) is 0 Å². The minimum Gasteiger partial charge on any atom is -0.481 e. The molecule has 1 heterocycles. The predicted octanol–water partition coefficient (Wildman–Crippen LogP) is 1.84. The fourth-order valence-corrected chi connectivity index (χ4v) is 3.19. The summed E-state index contributed by atoms with van der Waals surface area (Å²) in [7, 11) is 0. The molecule has 104 valence electrons. The maximum Gasteiger partial charge on any atom is 0.310 e. The van der Waals surface area contributed by atoms with Gasteiger partial charge in [0.05, 0.1) is 10.4 Å². The van der Waals surface area contributed by atoms with Crippen molar-refractivity contribution in [2.24, 2.45) is 5.41 Å². The molecule has 0 radical (unpaired) electrons. The number of carboxylic acids is 1. The van der Waals surface area contributed by atoms with E-state index < -0.39 is 11.4 Å². The zero-order valence-corrected chi connectivity index (χ0v) is 11.5. The van der Waals surface area contributed by atoms with Crippen molar-refractivity contribution < 1.29 is 14.7 Å². The van der Waals surface area contributed by atoms with Gasteiger partial charge in [-0.15, -0.1) is 11.3 Å². The van der Waals surface area contributed by atoms with E-state index in [9.17, 15) is 14.7 Å². The van der Waals surface area contributed by atoms with Gasteiger partial charge in [-0.25, -0.2) is 4.98 Å². The maximum absolute atomic E-state index is 11.8. The molecule has 1 aliphatic carbocycles. The summed E-state index contributed by atoms with van der Waals surface area (Å²) >= 11 is 1.56. The van der Waals surface area contributed by atoms with E-state index in [1.54, 1.807) is 17.5 Å². The summed E-state index contributed by atoms with van der Waals surface area (Å²) in [4.78, 5) is 27.3. The molecule has 0 spiro atoms. The second kappa shape index (κ2) is 6.14. The summed E-state index contributed by atoms with van der Waals surface area (Å²) in [6.45, 7) is 0.516. The number of carboxylic acid groups (broad SMARTS) is 1. The summed E-state index contributed by atoms with van der Waals surface area (Å²) in [5.74, 6) is -0.999. The van der Waals surface area contributed by atoms with Crippen LogP contribution in [0.25, 0.3) is 0 Å². The van der Waals surface area contributed by atoms with Gasteiger partial charge in [0.1, 0.15) is 0 Å². The summed E-state index contributed by atoms with van der Waals surface area (Å²) in [5.41, 5.74) is -0.828. The Morgan fingerprint density at radius 1 is 1.42 bits per heavy atom. The highest BCUT2D eigenvalue weighted by molar-refractivity contribution is 7.09. The van der Waals surface area contributed by atoms with Gasteiger partial charge < -0.3 is 10.4 Å². The Morgan fingerprint density at radius 2 is 2.16 bits per heavy atom. The van der Waals surface area contributed by atoms with E-state index in [0.717, 1.165) is 17.8 Å². The van der Waals surface area contributed by atoms with Crippen LogP contribution in [0.3, 0.4) is 0 Å². The van der Waals surface area contributed by atoms with E-state index in [4.69, 9.17) is 0 Å². The van der Waals surface area contributed by atoms with Crippen molar-refractivity contribution in [2.45, 2.75) is 38.5 Å².